The monoisotopic (exact) mass is 363 g/mol. The molecule has 0 amide bonds. The third kappa shape index (κ3) is 4.29. The molecule has 1 aromatic heterocycles. The highest BCUT2D eigenvalue weighted by molar-refractivity contribution is 7.89. The largest absolute Gasteiger partial charge is 0.496 e. The first kappa shape index (κ1) is 19.2. The normalized spacial score (nSPS) is 11.6. The fourth-order valence-electron chi connectivity index (χ4n) is 2.63. The third-order valence-corrected chi connectivity index (χ3v) is 6.09. The predicted molar refractivity (Wildman–Crippen MR) is 99.4 cm³/mol. The van der Waals surface area contributed by atoms with E-state index in [1.165, 1.54) is 10.5 Å². The lowest BCUT2D eigenvalue weighted by Gasteiger charge is -2.21. The number of sulfonamides is 1. The summed E-state index contributed by atoms with van der Waals surface area (Å²) in [6.45, 7) is 5.13. The Morgan fingerprint density at radius 1 is 1.08 bits per heavy atom. The molecule has 0 saturated carbocycles. The van der Waals surface area contributed by atoms with Crippen LogP contribution >= 0.6 is 0 Å². The minimum Gasteiger partial charge on any atom is -0.496 e. The average Bonchev–Trinajstić information content (AvgIpc) is 2.63. The molecule has 1 heterocycles. The molecule has 0 aliphatic rings. The molecule has 0 aliphatic carbocycles. The second kappa shape index (κ2) is 8.31. The van der Waals surface area contributed by atoms with Crippen LogP contribution in [0.25, 0.3) is 0 Å². The van der Waals surface area contributed by atoms with Crippen LogP contribution in [-0.2, 0) is 16.6 Å². The molecule has 7 heteroatoms. The molecule has 0 unspecified atom stereocenters. The summed E-state index contributed by atoms with van der Waals surface area (Å²) in [5.74, 6) is 1.51. The first-order chi connectivity index (χ1) is 11.9. The molecule has 0 atom stereocenters. The number of hydrogen-bond acceptors (Lipinski definition) is 5. The van der Waals surface area contributed by atoms with Crippen molar-refractivity contribution in [3.8, 4) is 5.75 Å². The molecule has 6 nitrogen and oxygen atoms in total. The number of hydrogen-bond donors (Lipinski definition) is 0. The Labute approximate surface area is 150 Å². The van der Waals surface area contributed by atoms with E-state index in [9.17, 15) is 8.42 Å². The second-order valence-corrected chi connectivity index (χ2v) is 7.55. The van der Waals surface area contributed by atoms with E-state index >= 15 is 0 Å². The molecule has 136 valence electrons. The zero-order valence-corrected chi connectivity index (χ0v) is 16.0. The van der Waals surface area contributed by atoms with Crippen molar-refractivity contribution in [3.05, 3.63) is 48.2 Å². The van der Waals surface area contributed by atoms with Gasteiger partial charge >= 0.3 is 0 Å². The maximum Gasteiger partial charge on any atom is 0.244 e. The lowest BCUT2D eigenvalue weighted by atomic mass is 10.2. The van der Waals surface area contributed by atoms with Crippen molar-refractivity contribution in [2.24, 2.45) is 0 Å². The van der Waals surface area contributed by atoms with Gasteiger partial charge in [-0.25, -0.2) is 13.4 Å². The van der Waals surface area contributed by atoms with Crippen LogP contribution in [0, 0.1) is 0 Å². The van der Waals surface area contributed by atoms with Gasteiger partial charge in [-0.1, -0.05) is 32.0 Å². The number of nitrogens with zero attached hydrogens (tertiary/aromatic N) is 3. The van der Waals surface area contributed by atoms with E-state index in [0.29, 0.717) is 25.5 Å². The van der Waals surface area contributed by atoms with Crippen LogP contribution in [0.4, 0.5) is 5.82 Å². The van der Waals surface area contributed by atoms with E-state index in [1.807, 2.05) is 50.1 Å². The summed E-state index contributed by atoms with van der Waals surface area (Å²) in [7, 11) is 0.0720. The zero-order chi connectivity index (χ0) is 18.4. The Hall–Kier alpha value is -2.12. The van der Waals surface area contributed by atoms with Gasteiger partial charge in [0.2, 0.25) is 10.0 Å². The number of aromatic nitrogens is 1. The lowest BCUT2D eigenvalue weighted by molar-refractivity contribution is 0.409. The summed E-state index contributed by atoms with van der Waals surface area (Å²) in [6, 6.07) is 11.1. The van der Waals surface area contributed by atoms with Crippen molar-refractivity contribution < 1.29 is 13.2 Å². The molecule has 0 bridgehead atoms. The van der Waals surface area contributed by atoms with Gasteiger partial charge in [0.15, 0.2) is 0 Å². The molecule has 0 N–H and O–H groups in total. The molecule has 0 spiro atoms. The van der Waals surface area contributed by atoms with Crippen molar-refractivity contribution in [1.82, 2.24) is 9.29 Å². The van der Waals surface area contributed by atoms with Crippen LogP contribution in [0.15, 0.2) is 47.5 Å². The van der Waals surface area contributed by atoms with Crippen LogP contribution in [-0.4, -0.2) is 45.0 Å². The fraction of sp³-hybridized carbons (Fsp3) is 0.389. The van der Waals surface area contributed by atoms with E-state index in [4.69, 9.17) is 4.74 Å². The van der Waals surface area contributed by atoms with Crippen molar-refractivity contribution in [3.63, 3.8) is 0 Å². The fourth-order valence-corrected chi connectivity index (χ4v) is 4.04. The minimum absolute atomic E-state index is 0.214. The van der Waals surface area contributed by atoms with Crippen LogP contribution in [0.1, 0.15) is 19.4 Å². The molecule has 0 saturated heterocycles. The molecule has 25 heavy (non-hydrogen) atoms. The van der Waals surface area contributed by atoms with Crippen LogP contribution in [0.2, 0.25) is 0 Å². The maximum atomic E-state index is 12.5. The van der Waals surface area contributed by atoms with Crippen LogP contribution < -0.4 is 9.64 Å². The van der Waals surface area contributed by atoms with Gasteiger partial charge in [0.05, 0.1) is 7.11 Å². The first-order valence-corrected chi connectivity index (χ1v) is 9.67. The van der Waals surface area contributed by atoms with Gasteiger partial charge in [-0.2, -0.15) is 4.31 Å². The lowest BCUT2D eigenvalue weighted by Crippen LogP contribution is -2.30. The van der Waals surface area contributed by atoms with Gasteiger partial charge in [-0.3, -0.25) is 0 Å². The molecule has 0 radical (unpaired) electrons. The predicted octanol–water partition coefficient (Wildman–Crippen LogP) is 2.76. The maximum absolute atomic E-state index is 12.5. The Balaban J connectivity index is 2.19. The van der Waals surface area contributed by atoms with Crippen LogP contribution in [0.5, 0.6) is 5.75 Å². The molecular weight excluding hydrogens is 338 g/mol. The number of benzene rings is 1. The molecule has 2 aromatic rings. The van der Waals surface area contributed by atoms with Crippen molar-refractivity contribution in [2.75, 3.05) is 32.1 Å². The number of rotatable bonds is 8. The zero-order valence-electron chi connectivity index (χ0n) is 15.1. The van der Waals surface area contributed by atoms with Crippen molar-refractivity contribution in [2.45, 2.75) is 25.3 Å². The first-order valence-electron chi connectivity index (χ1n) is 8.23. The highest BCUT2D eigenvalue weighted by atomic mass is 32.2. The number of anilines is 1. The Kier molecular flexibility index (Phi) is 6.39. The quantitative estimate of drug-likeness (QED) is 0.722. The summed E-state index contributed by atoms with van der Waals surface area (Å²) < 4.78 is 31.8. The van der Waals surface area contributed by atoms with E-state index in [0.717, 1.165) is 11.3 Å². The second-order valence-electron chi connectivity index (χ2n) is 5.61. The van der Waals surface area contributed by atoms with Gasteiger partial charge in [0, 0.05) is 38.4 Å². The molecule has 1 aromatic carbocycles. The molecular formula is C18H25N3O3S. The van der Waals surface area contributed by atoms with E-state index < -0.39 is 10.0 Å². The Morgan fingerprint density at radius 2 is 1.76 bits per heavy atom. The third-order valence-electron chi connectivity index (χ3n) is 4.06. The highest BCUT2D eigenvalue weighted by Gasteiger charge is 2.22. The summed E-state index contributed by atoms with van der Waals surface area (Å²) in [5.41, 5.74) is 1.04. The van der Waals surface area contributed by atoms with Crippen molar-refractivity contribution >= 4 is 15.8 Å². The smallest absolute Gasteiger partial charge is 0.244 e. The molecule has 0 fully saturated rings. The van der Waals surface area contributed by atoms with Gasteiger partial charge in [-0.05, 0) is 18.2 Å². The number of methoxy groups -OCH3 is 1. The topological polar surface area (TPSA) is 62.7 Å². The average molecular weight is 363 g/mol. The summed E-state index contributed by atoms with van der Waals surface area (Å²) in [6.07, 6.45) is 1.42. The summed E-state index contributed by atoms with van der Waals surface area (Å²) in [5, 5.41) is 0. The van der Waals surface area contributed by atoms with E-state index in [1.54, 1.807) is 19.2 Å². The van der Waals surface area contributed by atoms with E-state index in [2.05, 4.69) is 4.98 Å². The number of pyridine rings is 1. The van der Waals surface area contributed by atoms with Gasteiger partial charge in [0.1, 0.15) is 16.5 Å². The highest BCUT2D eigenvalue weighted by Crippen LogP contribution is 2.22. The Morgan fingerprint density at radius 3 is 2.32 bits per heavy atom. The van der Waals surface area contributed by atoms with Gasteiger partial charge < -0.3 is 9.64 Å². The molecule has 2 rings (SSSR count). The number of para-hydroxylation sites is 1. The summed E-state index contributed by atoms with van der Waals surface area (Å²) >= 11 is 0. The SMILES string of the molecule is CCN(CC)S(=O)(=O)c1ccc(N(C)Cc2ccccc2OC)nc1. The standard InChI is InChI=1S/C18H25N3O3S/c1-5-21(6-2)25(22,23)16-11-12-18(19-13-16)20(3)14-15-9-7-8-10-17(15)24-4/h7-13H,5-6,14H2,1-4H3. The van der Waals surface area contributed by atoms with Gasteiger partial charge in [-0.15, -0.1) is 0 Å². The van der Waals surface area contributed by atoms with Gasteiger partial charge in [0.25, 0.3) is 0 Å². The minimum atomic E-state index is -3.48. The Bertz CT molecular complexity index is 787. The molecule has 0 aliphatic heterocycles. The van der Waals surface area contributed by atoms with Crippen LogP contribution in [0.3, 0.4) is 0 Å². The number of ether oxygens (including phenoxy) is 1. The summed E-state index contributed by atoms with van der Waals surface area (Å²) in [4.78, 5) is 6.49. The van der Waals surface area contributed by atoms with Crippen molar-refractivity contribution in [1.29, 1.82) is 0 Å². The van der Waals surface area contributed by atoms with E-state index in [-0.39, 0.29) is 4.90 Å².